The molecule has 5 rings (SSSR count). The van der Waals surface area contributed by atoms with Crippen molar-refractivity contribution < 1.29 is 4.79 Å². The van der Waals surface area contributed by atoms with Crippen LogP contribution in [-0.2, 0) is 0 Å². The molecular weight excluding hydrogens is 392 g/mol. The zero-order chi connectivity index (χ0) is 20.3. The minimum atomic E-state index is 0.0314. The van der Waals surface area contributed by atoms with E-state index < -0.39 is 0 Å². The minimum Gasteiger partial charge on any atom is -0.378 e. The normalized spacial score (nSPS) is 25.8. The summed E-state index contributed by atoms with van der Waals surface area (Å²) in [6.07, 6.45) is 1.14. The number of rotatable bonds is 5. The summed E-state index contributed by atoms with van der Waals surface area (Å²) in [4.78, 5) is 15.2. The van der Waals surface area contributed by atoms with E-state index in [-0.39, 0.29) is 5.91 Å². The van der Waals surface area contributed by atoms with Crippen molar-refractivity contribution in [2.24, 2.45) is 5.92 Å². The van der Waals surface area contributed by atoms with Gasteiger partial charge in [-0.3, -0.25) is 9.69 Å². The Morgan fingerprint density at radius 2 is 1.93 bits per heavy atom. The number of anilines is 1. The quantitative estimate of drug-likeness (QED) is 0.690. The second kappa shape index (κ2) is 9.00. The average Bonchev–Trinajstić information content (AvgIpc) is 3.30. The molecule has 3 heterocycles. The van der Waals surface area contributed by atoms with E-state index in [0.717, 1.165) is 43.9 Å². The number of benzene rings is 2. The van der Waals surface area contributed by atoms with Crippen LogP contribution in [0.1, 0.15) is 40.0 Å². The topological polar surface area (TPSA) is 56.4 Å². The van der Waals surface area contributed by atoms with Gasteiger partial charge in [-0.1, -0.05) is 30.3 Å². The highest BCUT2D eigenvalue weighted by atomic mass is 32.2. The van der Waals surface area contributed by atoms with E-state index in [4.69, 9.17) is 0 Å². The first-order chi connectivity index (χ1) is 14.8. The summed E-state index contributed by atoms with van der Waals surface area (Å²) < 4.78 is 0. The Kier molecular flexibility index (Phi) is 5.97. The maximum absolute atomic E-state index is 12.8. The van der Waals surface area contributed by atoms with Crippen molar-refractivity contribution >= 4 is 23.4 Å². The Balaban J connectivity index is 1.29. The lowest BCUT2D eigenvalue weighted by molar-refractivity contribution is 0.0948. The third-order valence-corrected chi connectivity index (χ3v) is 7.58. The summed E-state index contributed by atoms with van der Waals surface area (Å²) in [7, 11) is 0. The first-order valence-electron chi connectivity index (χ1n) is 11.1. The van der Waals surface area contributed by atoms with E-state index in [2.05, 4.69) is 63.3 Å². The number of hydrogen-bond donors (Lipinski definition) is 3. The van der Waals surface area contributed by atoms with E-state index >= 15 is 0 Å². The summed E-state index contributed by atoms with van der Waals surface area (Å²) in [5.41, 5.74) is 4.46. The van der Waals surface area contributed by atoms with E-state index in [1.54, 1.807) is 0 Å². The predicted octanol–water partition coefficient (Wildman–Crippen LogP) is 3.28. The number of nitrogens with zero attached hydrogens (tertiary/aromatic N) is 1. The molecule has 6 heteroatoms. The van der Waals surface area contributed by atoms with Crippen molar-refractivity contribution in [1.82, 2.24) is 15.5 Å². The number of carbonyl (C=O) groups is 1. The summed E-state index contributed by atoms with van der Waals surface area (Å²) in [5.74, 6) is 2.93. The van der Waals surface area contributed by atoms with E-state index in [9.17, 15) is 4.79 Å². The monoisotopic (exact) mass is 422 g/mol. The zero-order valence-electron chi connectivity index (χ0n) is 17.3. The predicted molar refractivity (Wildman–Crippen MR) is 124 cm³/mol. The Morgan fingerprint density at radius 3 is 2.77 bits per heavy atom. The van der Waals surface area contributed by atoms with Crippen LogP contribution in [-0.4, -0.2) is 55.0 Å². The third kappa shape index (κ3) is 4.09. The van der Waals surface area contributed by atoms with Crippen molar-refractivity contribution in [2.75, 3.05) is 49.5 Å². The lowest BCUT2D eigenvalue weighted by Gasteiger charge is -2.37. The molecule has 0 spiro atoms. The van der Waals surface area contributed by atoms with Crippen LogP contribution in [0, 0.1) is 5.92 Å². The molecule has 2 fully saturated rings. The highest BCUT2D eigenvalue weighted by molar-refractivity contribution is 7.99. The van der Waals surface area contributed by atoms with Gasteiger partial charge in [-0.05, 0) is 42.3 Å². The van der Waals surface area contributed by atoms with Gasteiger partial charge in [0.05, 0.1) is 6.04 Å². The molecule has 3 aliphatic heterocycles. The fourth-order valence-electron chi connectivity index (χ4n) is 5.04. The molecule has 30 heavy (non-hydrogen) atoms. The highest BCUT2D eigenvalue weighted by Gasteiger charge is 2.40. The lowest BCUT2D eigenvalue weighted by Crippen LogP contribution is -2.39. The molecule has 3 N–H and O–H groups in total. The van der Waals surface area contributed by atoms with Crippen LogP contribution < -0.4 is 16.0 Å². The summed E-state index contributed by atoms with van der Waals surface area (Å²) in [6, 6.07) is 17.4. The maximum Gasteiger partial charge on any atom is 0.251 e. The molecule has 5 nitrogen and oxygen atoms in total. The summed E-state index contributed by atoms with van der Waals surface area (Å²) >= 11 is 2.01. The van der Waals surface area contributed by atoms with Gasteiger partial charge in [-0.15, -0.1) is 0 Å². The van der Waals surface area contributed by atoms with Gasteiger partial charge < -0.3 is 16.0 Å². The zero-order valence-corrected chi connectivity index (χ0v) is 18.1. The third-order valence-electron chi connectivity index (χ3n) is 6.63. The number of nitrogens with one attached hydrogen (secondary N) is 3. The fraction of sp³-hybridized carbons (Fsp3) is 0.458. The molecule has 3 unspecified atom stereocenters. The van der Waals surface area contributed by atoms with E-state index in [1.165, 1.54) is 22.6 Å². The van der Waals surface area contributed by atoms with Gasteiger partial charge in [-0.25, -0.2) is 0 Å². The van der Waals surface area contributed by atoms with Crippen LogP contribution in [0.4, 0.5) is 5.69 Å². The Labute approximate surface area is 183 Å². The maximum atomic E-state index is 12.8. The summed E-state index contributed by atoms with van der Waals surface area (Å²) in [6.45, 7) is 4.91. The Morgan fingerprint density at radius 1 is 1.10 bits per heavy atom. The fourth-order valence-corrected chi connectivity index (χ4v) is 6.01. The molecule has 0 aliphatic carbocycles. The van der Waals surface area contributed by atoms with Gasteiger partial charge in [0.25, 0.3) is 5.91 Å². The van der Waals surface area contributed by atoms with Gasteiger partial charge in [0.15, 0.2) is 0 Å². The Bertz CT molecular complexity index is 884. The second-order valence-corrected chi connectivity index (χ2v) is 9.65. The smallest absolute Gasteiger partial charge is 0.251 e. The molecule has 2 aromatic rings. The molecule has 3 atom stereocenters. The number of carbonyl (C=O) groups excluding carboxylic acids is 1. The molecule has 0 radical (unpaired) electrons. The molecule has 2 saturated heterocycles. The average molecular weight is 423 g/mol. The van der Waals surface area contributed by atoms with Gasteiger partial charge >= 0.3 is 0 Å². The minimum absolute atomic E-state index is 0.0314. The lowest BCUT2D eigenvalue weighted by atomic mass is 9.80. The van der Waals surface area contributed by atoms with Crippen LogP contribution in [0.5, 0.6) is 0 Å². The summed E-state index contributed by atoms with van der Waals surface area (Å²) in [5, 5.41) is 10.6. The van der Waals surface area contributed by atoms with Gasteiger partial charge in [0.1, 0.15) is 0 Å². The number of hydrogen-bond acceptors (Lipinski definition) is 5. The van der Waals surface area contributed by atoms with Gasteiger partial charge in [0, 0.05) is 60.9 Å². The molecule has 2 aromatic carbocycles. The molecular formula is C24H30N4OS. The second-order valence-electron chi connectivity index (χ2n) is 8.43. The van der Waals surface area contributed by atoms with Crippen molar-refractivity contribution in [3.63, 3.8) is 0 Å². The highest BCUT2D eigenvalue weighted by Crippen LogP contribution is 2.47. The van der Waals surface area contributed by atoms with Crippen LogP contribution in [0.3, 0.4) is 0 Å². The first-order valence-corrected chi connectivity index (χ1v) is 12.2. The molecule has 3 aliphatic rings. The van der Waals surface area contributed by atoms with Crippen molar-refractivity contribution in [3.8, 4) is 0 Å². The Hall–Kier alpha value is -2.02. The van der Waals surface area contributed by atoms with Crippen molar-refractivity contribution in [2.45, 2.75) is 18.5 Å². The van der Waals surface area contributed by atoms with E-state index in [1.807, 2.05) is 17.8 Å². The number of fused-ring (bicyclic) bond motifs is 3. The van der Waals surface area contributed by atoms with Crippen molar-refractivity contribution in [3.05, 3.63) is 65.2 Å². The van der Waals surface area contributed by atoms with E-state index in [0.29, 0.717) is 24.5 Å². The number of thioether (sulfide) groups is 1. The molecule has 1 amide bonds. The SMILES string of the molecule is O=C(NCCN1CCSCC1)c1ccc2c(c1)C1NCCC1C(c1ccccc1)N2. The molecule has 158 valence electrons. The van der Waals surface area contributed by atoms with Crippen LogP contribution in [0.25, 0.3) is 0 Å². The van der Waals surface area contributed by atoms with Crippen molar-refractivity contribution in [1.29, 1.82) is 0 Å². The first kappa shape index (κ1) is 19.9. The van der Waals surface area contributed by atoms with Gasteiger partial charge in [0.2, 0.25) is 0 Å². The molecule has 0 saturated carbocycles. The molecule has 0 aromatic heterocycles. The number of amides is 1. The van der Waals surface area contributed by atoms with Gasteiger partial charge in [-0.2, -0.15) is 11.8 Å². The largest absolute Gasteiger partial charge is 0.378 e. The van der Waals surface area contributed by atoms with Crippen LogP contribution >= 0.6 is 11.8 Å². The standard InChI is InChI=1S/C24H30N4OS/c29-24(26-10-11-28-12-14-30-15-13-28)18-6-7-21-20(16-18)23-19(8-9-25-23)22(27-21)17-4-2-1-3-5-17/h1-7,16,19,22-23,25,27H,8-15H2,(H,26,29). The van der Waals surface area contributed by atoms with Crippen LogP contribution in [0.15, 0.2) is 48.5 Å². The molecule has 0 bridgehead atoms. The van der Waals surface area contributed by atoms with Crippen LogP contribution in [0.2, 0.25) is 0 Å².